The summed E-state index contributed by atoms with van der Waals surface area (Å²) in [7, 11) is 0. The summed E-state index contributed by atoms with van der Waals surface area (Å²) in [5.74, 6) is 0. The van der Waals surface area contributed by atoms with Gasteiger partial charge in [-0.2, -0.15) is 0 Å². The van der Waals surface area contributed by atoms with Gasteiger partial charge in [0.1, 0.15) is 0 Å². The summed E-state index contributed by atoms with van der Waals surface area (Å²) >= 11 is 0. The van der Waals surface area contributed by atoms with E-state index < -0.39 is 0 Å². The Morgan fingerprint density at radius 3 is 2.50 bits per heavy atom. The van der Waals surface area contributed by atoms with Gasteiger partial charge in [-0.3, -0.25) is 4.79 Å². The van der Waals surface area contributed by atoms with Gasteiger partial charge in [0.25, 0.3) is 5.56 Å². The molecule has 0 aliphatic heterocycles. The quantitative estimate of drug-likeness (QED) is 0.864. The first-order valence-corrected chi connectivity index (χ1v) is 6.93. The zero-order valence-corrected chi connectivity index (χ0v) is 11.7. The molecule has 100 valence electrons. The molecule has 0 aromatic carbocycles. The lowest BCUT2D eigenvalue weighted by molar-refractivity contribution is 0.520. The number of aromatic nitrogens is 1. The molecule has 1 aliphatic carbocycles. The van der Waals surface area contributed by atoms with E-state index >= 15 is 0 Å². The molecule has 0 saturated heterocycles. The van der Waals surface area contributed by atoms with Gasteiger partial charge >= 0.3 is 0 Å². The number of hydrogen-bond acceptors (Lipinski definition) is 2. The molecule has 0 radical (unpaired) electrons. The predicted molar refractivity (Wildman–Crippen MR) is 74.9 cm³/mol. The average molecular weight is 248 g/mol. The van der Waals surface area contributed by atoms with Crippen molar-refractivity contribution in [1.82, 2.24) is 10.3 Å². The second-order valence-electron chi connectivity index (χ2n) is 6.34. The van der Waals surface area contributed by atoms with Crippen molar-refractivity contribution in [3.8, 4) is 0 Å². The van der Waals surface area contributed by atoms with Crippen molar-refractivity contribution >= 4 is 0 Å². The molecule has 3 nitrogen and oxygen atoms in total. The van der Waals surface area contributed by atoms with E-state index in [1.165, 1.54) is 25.7 Å². The van der Waals surface area contributed by atoms with Crippen LogP contribution in [0.25, 0.3) is 0 Å². The van der Waals surface area contributed by atoms with Crippen LogP contribution in [0.2, 0.25) is 0 Å². The first-order valence-electron chi connectivity index (χ1n) is 6.93. The van der Waals surface area contributed by atoms with E-state index in [1.807, 2.05) is 12.1 Å². The monoisotopic (exact) mass is 248 g/mol. The second-order valence-corrected chi connectivity index (χ2v) is 6.34. The highest BCUT2D eigenvalue weighted by Gasteiger charge is 2.17. The SMILES string of the molecule is CC(C)(C)c1ccc(CNC2CCCC2)c(=O)[nH]1. The minimum absolute atomic E-state index is 0.00340. The van der Waals surface area contributed by atoms with Crippen LogP contribution >= 0.6 is 0 Å². The van der Waals surface area contributed by atoms with Gasteiger partial charge in [0.15, 0.2) is 0 Å². The van der Waals surface area contributed by atoms with Crippen LogP contribution in [0.1, 0.15) is 57.7 Å². The normalized spacial score (nSPS) is 17.3. The lowest BCUT2D eigenvalue weighted by Crippen LogP contribution is -2.29. The number of hydrogen-bond donors (Lipinski definition) is 2. The van der Waals surface area contributed by atoms with E-state index in [4.69, 9.17) is 0 Å². The number of rotatable bonds is 3. The van der Waals surface area contributed by atoms with Crippen LogP contribution < -0.4 is 10.9 Å². The maximum absolute atomic E-state index is 12.0. The minimum Gasteiger partial charge on any atom is -0.325 e. The topological polar surface area (TPSA) is 44.9 Å². The molecule has 1 heterocycles. The predicted octanol–water partition coefficient (Wildman–Crippen LogP) is 2.70. The number of aromatic amines is 1. The Morgan fingerprint density at radius 1 is 1.28 bits per heavy atom. The van der Waals surface area contributed by atoms with Crippen molar-refractivity contribution in [2.24, 2.45) is 0 Å². The summed E-state index contributed by atoms with van der Waals surface area (Å²) in [5.41, 5.74) is 1.89. The highest BCUT2D eigenvalue weighted by Crippen LogP contribution is 2.19. The molecule has 0 unspecified atom stereocenters. The third-order valence-electron chi connectivity index (χ3n) is 3.74. The fourth-order valence-corrected chi connectivity index (χ4v) is 2.46. The average Bonchev–Trinajstić information content (AvgIpc) is 2.79. The molecular formula is C15H24N2O. The molecule has 1 saturated carbocycles. The van der Waals surface area contributed by atoms with Crippen molar-refractivity contribution in [3.63, 3.8) is 0 Å². The number of pyridine rings is 1. The Kier molecular flexibility index (Phi) is 3.91. The molecule has 0 atom stereocenters. The van der Waals surface area contributed by atoms with Gasteiger partial charge in [-0.25, -0.2) is 0 Å². The molecule has 1 aromatic rings. The third-order valence-corrected chi connectivity index (χ3v) is 3.74. The maximum Gasteiger partial charge on any atom is 0.252 e. The standard InChI is InChI=1S/C15H24N2O/c1-15(2,3)13-9-8-11(14(18)17-13)10-16-12-6-4-5-7-12/h8-9,12,16H,4-7,10H2,1-3H3,(H,17,18). The summed E-state index contributed by atoms with van der Waals surface area (Å²) in [5, 5.41) is 3.48. The van der Waals surface area contributed by atoms with Gasteiger partial charge in [0, 0.05) is 29.3 Å². The van der Waals surface area contributed by atoms with Crippen LogP contribution in [0.3, 0.4) is 0 Å². The van der Waals surface area contributed by atoms with Crippen molar-refractivity contribution in [3.05, 3.63) is 33.7 Å². The molecule has 0 spiro atoms. The van der Waals surface area contributed by atoms with Gasteiger partial charge in [0.2, 0.25) is 0 Å². The zero-order valence-electron chi connectivity index (χ0n) is 11.7. The van der Waals surface area contributed by atoms with Gasteiger partial charge < -0.3 is 10.3 Å². The van der Waals surface area contributed by atoms with Crippen molar-refractivity contribution in [2.75, 3.05) is 0 Å². The molecule has 18 heavy (non-hydrogen) atoms. The maximum atomic E-state index is 12.0. The molecule has 0 amide bonds. The van der Waals surface area contributed by atoms with E-state index in [0.717, 1.165) is 11.3 Å². The Labute approximate surface area is 109 Å². The molecule has 3 heteroatoms. The Balaban J connectivity index is 2.03. The minimum atomic E-state index is -0.00340. The summed E-state index contributed by atoms with van der Waals surface area (Å²) < 4.78 is 0. The summed E-state index contributed by atoms with van der Waals surface area (Å²) in [6.45, 7) is 7.00. The smallest absolute Gasteiger partial charge is 0.252 e. The van der Waals surface area contributed by atoms with E-state index in [-0.39, 0.29) is 11.0 Å². The number of nitrogens with one attached hydrogen (secondary N) is 2. The Bertz CT molecular complexity index is 450. The fourth-order valence-electron chi connectivity index (χ4n) is 2.46. The summed E-state index contributed by atoms with van der Waals surface area (Å²) in [4.78, 5) is 15.0. The van der Waals surface area contributed by atoms with Crippen LogP contribution in [0, 0.1) is 0 Å². The molecule has 2 N–H and O–H groups in total. The van der Waals surface area contributed by atoms with Gasteiger partial charge in [0.05, 0.1) is 0 Å². The molecule has 1 aromatic heterocycles. The van der Waals surface area contributed by atoms with Crippen LogP contribution in [0.5, 0.6) is 0 Å². The Morgan fingerprint density at radius 2 is 1.94 bits per heavy atom. The highest BCUT2D eigenvalue weighted by molar-refractivity contribution is 5.19. The van der Waals surface area contributed by atoms with Crippen LogP contribution in [0.4, 0.5) is 0 Å². The van der Waals surface area contributed by atoms with Gasteiger partial charge in [-0.05, 0) is 18.9 Å². The van der Waals surface area contributed by atoms with Gasteiger partial charge in [-0.15, -0.1) is 0 Å². The van der Waals surface area contributed by atoms with Crippen LogP contribution in [-0.2, 0) is 12.0 Å². The second kappa shape index (κ2) is 5.27. The molecular weight excluding hydrogens is 224 g/mol. The number of H-pyrrole nitrogens is 1. The molecule has 1 aliphatic rings. The third kappa shape index (κ3) is 3.22. The van der Waals surface area contributed by atoms with Crippen LogP contribution in [0.15, 0.2) is 16.9 Å². The summed E-state index contributed by atoms with van der Waals surface area (Å²) in [6, 6.07) is 4.60. The first kappa shape index (κ1) is 13.3. The Hall–Kier alpha value is -1.09. The van der Waals surface area contributed by atoms with Crippen LogP contribution in [-0.4, -0.2) is 11.0 Å². The highest BCUT2D eigenvalue weighted by atomic mass is 16.1. The van der Waals surface area contributed by atoms with Crippen molar-refractivity contribution < 1.29 is 0 Å². The van der Waals surface area contributed by atoms with Crippen molar-refractivity contribution in [2.45, 2.75) is 64.5 Å². The van der Waals surface area contributed by atoms with E-state index in [9.17, 15) is 4.79 Å². The summed E-state index contributed by atoms with van der Waals surface area (Å²) in [6.07, 6.45) is 5.13. The lowest BCUT2D eigenvalue weighted by atomic mass is 9.91. The fraction of sp³-hybridized carbons (Fsp3) is 0.667. The first-order chi connectivity index (χ1) is 8.47. The van der Waals surface area contributed by atoms with Crippen molar-refractivity contribution in [1.29, 1.82) is 0 Å². The largest absolute Gasteiger partial charge is 0.325 e. The van der Waals surface area contributed by atoms with E-state index in [2.05, 4.69) is 31.1 Å². The zero-order chi connectivity index (χ0) is 13.2. The molecule has 2 rings (SSSR count). The van der Waals surface area contributed by atoms with E-state index in [0.29, 0.717) is 12.6 Å². The molecule has 0 bridgehead atoms. The lowest BCUT2D eigenvalue weighted by Gasteiger charge is -2.19. The van der Waals surface area contributed by atoms with Gasteiger partial charge in [-0.1, -0.05) is 39.7 Å². The van der Waals surface area contributed by atoms with E-state index in [1.54, 1.807) is 0 Å². The molecule has 1 fully saturated rings.